The predicted octanol–water partition coefficient (Wildman–Crippen LogP) is 7.05. The van der Waals surface area contributed by atoms with Gasteiger partial charge in [0.2, 0.25) is 0 Å². The van der Waals surface area contributed by atoms with E-state index in [9.17, 15) is 5.11 Å². The lowest BCUT2D eigenvalue weighted by molar-refractivity contribution is 0.154. The molecular formula is C41H40F2N6O2. The van der Waals surface area contributed by atoms with Crippen LogP contribution in [0.15, 0.2) is 48.7 Å². The van der Waals surface area contributed by atoms with Crippen LogP contribution in [0.3, 0.4) is 0 Å². The summed E-state index contributed by atoms with van der Waals surface area (Å²) in [5.41, 5.74) is 3.76. The summed E-state index contributed by atoms with van der Waals surface area (Å²) in [6.07, 6.45) is 11.9. The summed E-state index contributed by atoms with van der Waals surface area (Å²) in [7, 11) is 0. The molecule has 2 atom stereocenters. The first-order valence-electron chi connectivity index (χ1n) is 17.9. The highest BCUT2D eigenvalue weighted by Crippen LogP contribution is 2.48. The molecule has 51 heavy (non-hydrogen) atoms. The van der Waals surface area contributed by atoms with Crippen LogP contribution in [-0.4, -0.2) is 63.3 Å². The molecule has 5 aromatic rings. The monoisotopic (exact) mass is 686 g/mol. The lowest BCUT2D eigenvalue weighted by Gasteiger charge is -2.34. The van der Waals surface area contributed by atoms with Gasteiger partial charge in [-0.3, -0.25) is 9.88 Å². The minimum Gasteiger partial charge on any atom is -0.508 e. The molecule has 1 saturated carbocycles. The lowest BCUT2D eigenvalue weighted by Crippen LogP contribution is -2.51. The molecule has 0 radical (unpaired) electrons. The third-order valence-electron chi connectivity index (χ3n) is 11.3. The van der Waals surface area contributed by atoms with Crippen LogP contribution in [0.1, 0.15) is 67.8 Å². The van der Waals surface area contributed by atoms with E-state index in [0.29, 0.717) is 51.8 Å². The Hall–Kier alpha value is -4.85. The van der Waals surface area contributed by atoms with E-state index in [1.165, 1.54) is 23.8 Å². The standard InChI is InChI=1S/C41H40F2N6O2/c1-4-29-33(42)10-7-24-14-28(50)15-31(35(24)29)36-30(23(2)3)16-32-38(37(36)43)46-40(47-39(32)49-18-26-8-9-27(19-49)45-26)51-22-41(11-12-41)21-48-17-25-6-5-13-44-34(25)20-48/h1,5-7,10,13-16,23,26-27,45,50H,8-9,11-12,17-22H2,2-3H3. The summed E-state index contributed by atoms with van der Waals surface area (Å²) in [5, 5.41) is 16.0. The first-order valence-corrected chi connectivity index (χ1v) is 17.9. The number of aromatic hydroxyl groups is 1. The molecule has 2 saturated heterocycles. The topological polar surface area (TPSA) is 86.6 Å². The molecule has 2 N–H and O–H groups in total. The number of ether oxygens (including phenoxy) is 1. The molecular weight excluding hydrogens is 646 g/mol. The van der Waals surface area contributed by atoms with Gasteiger partial charge < -0.3 is 20.1 Å². The Morgan fingerprint density at radius 1 is 1.08 bits per heavy atom. The van der Waals surface area contributed by atoms with Gasteiger partial charge in [0, 0.05) is 72.8 Å². The largest absolute Gasteiger partial charge is 0.508 e. The smallest absolute Gasteiger partial charge is 0.319 e. The number of pyridine rings is 1. The number of benzene rings is 3. The summed E-state index contributed by atoms with van der Waals surface area (Å²) in [6, 6.07) is 12.7. The number of fused-ring (bicyclic) bond motifs is 5. The highest BCUT2D eigenvalue weighted by Gasteiger charge is 2.46. The van der Waals surface area contributed by atoms with Crippen LogP contribution in [0.4, 0.5) is 14.6 Å². The van der Waals surface area contributed by atoms with Gasteiger partial charge in [0.25, 0.3) is 0 Å². The van der Waals surface area contributed by atoms with Crippen molar-refractivity contribution in [2.24, 2.45) is 5.41 Å². The number of nitrogens with one attached hydrogen (secondary N) is 1. The van der Waals surface area contributed by atoms with E-state index in [2.05, 4.69) is 32.1 Å². The zero-order valence-electron chi connectivity index (χ0n) is 28.8. The summed E-state index contributed by atoms with van der Waals surface area (Å²) in [4.78, 5) is 19.0. The first kappa shape index (κ1) is 32.1. The molecule has 8 nitrogen and oxygen atoms in total. The summed E-state index contributed by atoms with van der Waals surface area (Å²) < 4.78 is 39.1. The van der Waals surface area contributed by atoms with Crippen molar-refractivity contribution in [2.45, 2.75) is 70.6 Å². The molecule has 260 valence electrons. The first-order chi connectivity index (χ1) is 24.7. The maximum Gasteiger partial charge on any atom is 0.319 e. The molecule has 3 aromatic carbocycles. The molecule has 2 bridgehead atoms. The maximum absolute atomic E-state index is 17.5. The molecule has 4 aliphatic rings. The van der Waals surface area contributed by atoms with Crippen LogP contribution in [0.2, 0.25) is 0 Å². The number of hydrogen-bond donors (Lipinski definition) is 2. The molecule has 3 fully saturated rings. The molecule has 9 rings (SSSR count). The van der Waals surface area contributed by atoms with E-state index in [1.807, 2.05) is 32.2 Å². The zero-order valence-corrected chi connectivity index (χ0v) is 28.8. The van der Waals surface area contributed by atoms with Crippen molar-refractivity contribution in [3.63, 3.8) is 0 Å². The van der Waals surface area contributed by atoms with E-state index in [4.69, 9.17) is 21.1 Å². The molecule has 1 aliphatic carbocycles. The van der Waals surface area contributed by atoms with Gasteiger partial charge in [-0.2, -0.15) is 9.97 Å². The fourth-order valence-corrected chi connectivity index (χ4v) is 8.57. The molecule has 2 aromatic heterocycles. The normalized spacial score (nSPS) is 20.7. The van der Waals surface area contributed by atoms with Gasteiger partial charge in [0.1, 0.15) is 22.9 Å². The van der Waals surface area contributed by atoms with E-state index in [1.54, 1.807) is 6.07 Å². The number of aromatic nitrogens is 3. The number of halogens is 2. The van der Waals surface area contributed by atoms with Gasteiger partial charge in [-0.05, 0) is 84.0 Å². The summed E-state index contributed by atoms with van der Waals surface area (Å²) >= 11 is 0. The number of rotatable bonds is 8. The fraction of sp³-hybridized carbons (Fsp3) is 0.390. The van der Waals surface area contributed by atoms with Crippen LogP contribution < -0.4 is 15.0 Å². The number of phenols is 1. The fourth-order valence-electron chi connectivity index (χ4n) is 8.57. The van der Waals surface area contributed by atoms with Crippen molar-refractivity contribution in [3.05, 3.63) is 82.7 Å². The second-order valence-corrected chi connectivity index (χ2v) is 15.3. The minimum atomic E-state index is -0.582. The van der Waals surface area contributed by atoms with E-state index >= 15 is 8.78 Å². The molecule has 5 heterocycles. The average molecular weight is 687 g/mol. The van der Waals surface area contributed by atoms with Crippen LogP contribution in [0.25, 0.3) is 32.8 Å². The lowest BCUT2D eigenvalue weighted by atomic mass is 9.86. The summed E-state index contributed by atoms with van der Waals surface area (Å²) in [6.45, 7) is 8.46. The summed E-state index contributed by atoms with van der Waals surface area (Å²) in [5.74, 6) is 1.76. The van der Waals surface area contributed by atoms with Crippen molar-refractivity contribution in [1.29, 1.82) is 0 Å². The van der Waals surface area contributed by atoms with Crippen molar-refractivity contribution in [1.82, 2.24) is 25.2 Å². The van der Waals surface area contributed by atoms with Crippen LogP contribution >= 0.6 is 0 Å². The van der Waals surface area contributed by atoms with Crippen molar-refractivity contribution in [3.8, 4) is 35.2 Å². The number of hydrogen-bond acceptors (Lipinski definition) is 8. The second kappa shape index (κ2) is 12.1. The highest BCUT2D eigenvalue weighted by atomic mass is 19.1. The van der Waals surface area contributed by atoms with Crippen molar-refractivity contribution >= 4 is 27.5 Å². The quantitative estimate of drug-likeness (QED) is 0.168. The molecule has 0 amide bonds. The number of terminal acetylenes is 1. The van der Waals surface area contributed by atoms with E-state index in [-0.39, 0.29) is 39.7 Å². The Balaban J connectivity index is 1.16. The Kier molecular flexibility index (Phi) is 7.64. The second-order valence-electron chi connectivity index (χ2n) is 15.3. The van der Waals surface area contributed by atoms with Gasteiger partial charge in [0.15, 0.2) is 5.82 Å². The Morgan fingerprint density at radius 3 is 2.61 bits per heavy atom. The van der Waals surface area contributed by atoms with Gasteiger partial charge in [-0.15, -0.1) is 6.42 Å². The number of anilines is 1. The van der Waals surface area contributed by atoms with Gasteiger partial charge >= 0.3 is 6.01 Å². The number of piperazine rings is 1. The van der Waals surface area contributed by atoms with Gasteiger partial charge in [-0.25, -0.2) is 8.78 Å². The Morgan fingerprint density at radius 2 is 1.88 bits per heavy atom. The van der Waals surface area contributed by atoms with Crippen LogP contribution in [0.5, 0.6) is 11.8 Å². The Labute approximate surface area is 295 Å². The van der Waals surface area contributed by atoms with Gasteiger partial charge in [0.05, 0.1) is 17.9 Å². The average Bonchev–Trinajstić information content (AvgIpc) is 3.62. The van der Waals surface area contributed by atoms with Crippen molar-refractivity contribution in [2.75, 3.05) is 31.1 Å². The van der Waals surface area contributed by atoms with E-state index in [0.717, 1.165) is 64.1 Å². The molecule has 2 unspecified atom stereocenters. The van der Waals surface area contributed by atoms with E-state index < -0.39 is 11.6 Å². The molecule has 0 spiro atoms. The van der Waals surface area contributed by atoms with Crippen molar-refractivity contribution < 1.29 is 18.6 Å². The molecule has 3 aliphatic heterocycles. The third kappa shape index (κ3) is 5.63. The Bertz CT molecular complexity index is 2230. The number of phenolic OH excluding ortho intramolecular Hbond substituents is 1. The number of nitrogens with zero attached hydrogens (tertiary/aromatic N) is 5. The zero-order chi connectivity index (χ0) is 35.0. The highest BCUT2D eigenvalue weighted by molar-refractivity contribution is 6.05. The van der Waals surface area contributed by atoms with Gasteiger partial charge in [-0.1, -0.05) is 31.9 Å². The van der Waals surface area contributed by atoms with Crippen LogP contribution in [-0.2, 0) is 13.1 Å². The third-order valence-corrected chi connectivity index (χ3v) is 11.3. The van der Waals surface area contributed by atoms with Crippen LogP contribution in [0, 0.1) is 29.4 Å². The minimum absolute atomic E-state index is 0.0204. The SMILES string of the molecule is C#Cc1c(F)ccc2cc(O)cc(-c3c(C(C)C)cc4c(N5CC6CCC(C5)N6)nc(OCC5(CN6Cc7cccnc7C6)CC5)nc4c3F)c12. The molecule has 10 heteroatoms. The predicted molar refractivity (Wildman–Crippen MR) is 194 cm³/mol. The maximum atomic E-state index is 17.5.